The fraction of sp³-hybridized carbons (Fsp3) is 0.214. The highest BCUT2D eigenvalue weighted by Gasteiger charge is 2.29. The maximum atomic E-state index is 13.1. The number of benzene rings is 3. The molecule has 0 aliphatic carbocycles. The summed E-state index contributed by atoms with van der Waals surface area (Å²) in [6.45, 7) is 2.15. The van der Waals surface area contributed by atoms with E-state index in [9.17, 15) is 4.79 Å². The maximum absolute atomic E-state index is 13.1. The van der Waals surface area contributed by atoms with Gasteiger partial charge in [0, 0.05) is 6.42 Å². The molecule has 0 bridgehead atoms. The summed E-state index contributed by atoms with van der Waals surface area (Å²) in [6.07, 6.45) is 3.76. The molecule has 0 radical (unpaired) electrons. The fourth-order valence-electron chi connectivity index (χ4n) is 4.36. The smallest absolute Gasteiger partial charge is 0.168 e. The normalized spacial score (nSPS) is 17.1. The van der Waals surface area contributed by atoms with E-state index in [1.807, 2.05) is 65.3 Å². The van der Waals surface area contributed by atoms with Crippen LogP contribution in [0.2, 0.25) is 0 Å². The Morgan fingerprint density at radius 3 is 2.36 bits per heavy atom. The first-order valence-corrected chi connectivity index (χ1v) is 11.4. The number of rotatable bonds is 7. The molecule has 0 amide bonds. The molecule has 4 aromatic rings. The predicted molar refractivity (Wildman–Crippen MR) is 130 cm³/mol. The summed E-state index contributed by atoms with van der Waals surface area (Å²) in [5.74, 6) is 2.53. The molecule has 0 spiro atoms. The molecule has 0 saturated carbocycles. The number of fused-ring (bicyclic) bond motifs is 1. The molecule has 1 N–H and O–H groups in total. The van der Waals surface area contributed by atoms with Crippen LogP contribution in [-0.4, -0.2) is 15.6 Å². The summed E-state index contributed by atoms with van der Waals surface area (Å²) in [4.78, 5) is 13.1. The third kappa shape index (κ3) is 4.67. The number of hydrogen-bond donors (Lipinski definition) is 1. The summed E-state index contributed by atoms with van der Waals surface area (Å²) >= 11 is 0. The van der Waals surface area contributed by atoms with Gasteiger partial charge in [0.05, 0.1) is 23.8 Å². The molecule has 3 aromatic carbocycles. The van der Waals surface area contributed by atoms with Crippen LogP contribution in [0.1, 0.15) is 53.3 Å². The van der Waals surface area contributed by atoms with Crippen LogP contribution in [0.4, 0.5) is 5.82 Å². The van der Waals surface area contributed by atoms with Crippen molar-refractivity contribution >= 4 is 11.6 Å². The van der Waals surface area contributed by atoms with Gasteiger partial charge >= 0.3 is 0 Å². The number of Topliss-reactive ketones (excluding diaryl/α,β-unsaturated/α-hetero) is 1. The van der Waals surface area contributed by atoms with E-state index in [1.54, 1.807) is 6.20 Å². The van der Waals surface area contributed by atoms with Gasteiger partial charge in [0.15, 0.2) is 5.78 Å². The summed E-state index contributed by atoms with van der Waals surface area (Å²) in [7, 11) is 0. The Balaban J connectivity index is 1.24. The first-order chi connectivity index (χ1) is 16.2. The standard InChI is InChI=1S/C28H27N3O2/c1-20-18-26(22-8-4-2-5-9-22)30-28-25(19-29-31(20)28)27(32)17-14-21-12-15-24(16-13-21)33-23-10-6-3-7-11-23/h2-13,15-16,19-20,26,30H,14,17-18H2,1H3. The average Bonchev–Trinajstić information content (AvgIpc) is 3.29. The third-order valence-electron chi connectivity index (χ3n) is 6.15. The monoisotopic (exact) mass is 437 g/mol. The SMILES string of the molecule is CC1CC(c2ccccc2)Nc2c(C(=O)CCc3ccc(Oc4ccccc4)cc3)cnn21. The lowest BCUT2D eigenvalue weighted by molar-refractivity contribution is 0.0983. The van der Waals surface area contributed by atoms with Gasteiger partial charge in [0.25, 0.3) is 0 Å². The van der Waals surface area contributed by atoms with Gasteiger partial charge in [0.1, 0.15) is 17.3 Å². The number of nitrogens with zero attached hydrogens (tertiary/aromatic N) is 2. The van der Waals surface area contributed by atoms with Crippen molar-refractivity contribution in [2.75, 3.05) is 5.32 Å². The van der Waals surface area contributed by atoms with E-state index in [4.69, 9.17) is 4.74 Å². The van der Waals surface area contributed by atoms with Crippen molar-refractivity contribution in [3.05, 3.63) is 108 Å². The van der Waals surface area contributed by atoms with Gasteiger partial charge in [-0.15, -0.1) is 0 Å². The van der Waals surface area contributed by atoms with Gasteiger partial charge in [-0.1, -0.05) is 60.7 Å². The zero-order chi connectivity index (χ0) is 22.6. The van der Waals surface area contributed by atoms with Crippen molar-refractivity contribution in [3.63, 3.8) is 0 Å². The van der Waals surface area contributed by atoms with Crippen LogP contribution in [-0.2, 0) is 6.42 Å². The van der Waals surface area contributed by atoms with Crippen molar-refractivity contribution in [1.29, 1.82) is 0 Å². The molecular formula is C28H27N3O2. The molecule has 2 unspecified atom stereocenters. The van der Waals surface area contributed by atoms with E-state index in [2.05, 4.69) is 41.6 Å². The number of hydrogen-bond acceptors (Lipinski definition) is 4. The van der Waals surface area contributed by atoms with Gasteiger partial charge in [-0.05, 0) is 55.2 Å². The van der Waals surface area contributed by atoms with E-state index in [1.165, 1.54) is 5.56 Å². The number of ether oxygens (including phenoxy) is 1. The molecule has 5 rings (SSSR count). The minimum Gasteiger partial charge on any atom is -0.457 e. The van der Waals surface area contributed by atoms with E-state index < -0.39 is 0 Å². The second kappa shape index (κ2) is 9.33. The molecule has 0 saturated heterocycles. The minimum absolute atomic E-state index is 0.106. The van der Waals surface area contributed by atoms with Crippen LogP contribution in [0, 0.1) is 0 Å². The highest BCUT2D eigenvalue weighted by Crippen LogP contribution is 2.36. The fourth-order valence-corrected chi connectivity index (χ4v) is 4.36. The van der Waals surface area contributed by atoms with Gasteiger partial charge in [-0.3, -0.25) is 4.79 Å². The Hall–Kier alpha value is -3.86. The van der Waals surface area contributed by atoms with Crippen LogP contribution in [0.15, 0.2) is 91.1 Å². The van der Waals surface area contributed by atoms with Gasteiger partial charge in [0.2, 0.25) is 0 Å². The van der Waals surface area contributed by atoms with E-state index >= 15 is 0 Å². The first kappa shape index (κ1) is 21.0. The summed E-state index contributed by atoms with van der Waals surface area (Å²) in [6, 6.07) is 28.4. The molecule has 1 aromatic heterocycles. The highest BCUT2D eigenvalue weighted by molar-refractivity contribution is 6.00. The Bertz CT molecular complexity index is 1220. The quantitative estimate of drug-likeness (QED) is 0.331. The summed E-state index contributed by atoms with van der Waals surface area (Å²) in [5.41, 5.74) is 3.01. The predicted octanol–water partition coefficient (Wildman–Crippen LogP) is 6.61. The Morgan fingerprint density at radius 1 is 0.970 bits per heavy atom. The lowest BCUT2D eigenvalue weighted by Gasteiger charge is -2.31. The zero-order valence-corrected chi connectivity index (χ0v) is 18.6. The van der Waals surface area contributed by atoms with Gasteiger partial charge in [-0.2, -0.15) is 5.10 Å². The van der Waals surface area contributed by atoms with Gasteiger partial charge < -0.3 is 10.1 Å². The number of nitrogens with one attached hydrogen (secondary N) is 1. The van der Waals surface area contributed by atoms with Crippen LogP contribution in [0.3, 0.4) is 0 Å². The molecular weight excluding hydrogens is 410 g/mol. The Morgan fingerprint density at radius 2 is 1.64 bits per heavy atom. The first-order valence-electron chi connectivity index (χ1n) is 11.4. The number of carbonyl (C=O) groups excluding carboxylic acids is 1. The van der Waals surface area contributed by atoms with E-state index in [-0.39, 0.29) is 17.9 Å². The largest absolute Gasteiger partial charge is 0.457 e. The molecule has 2 heterocycles. The number of anilines is 1. The number of para-hydroxylation sites is 1. The maximum Gasteiger partial charge on any atom is 0.168 e. The third-order valence-corrected chi connectivity index (χ3v) is 6.15. The summed E-state index contributed by atoms with van der Waals surface area (Å²) in [5, 5.41) is 8.08. The van der Waals surface area contributed by atoms with E-state index in [0.717, 1.165) is 29.3 Å². The lowest BCUT2D eigenvalue weighted by Crippen LogP contribution is -2.26. The van der Waals surface area contributed by atoms with Crippen LogP contribution < -0.4 is 10.1 Å². The van der Waals surface area contributed by atoms with Crippen LogP contribution >= 0.6 is 0 Å². The molecule has 33 heavy (non-hydrogen) atoms. The molecule has 1 aliphatic rings. The Kier molecular flexibility index (Phi) is 5.94. The minimum atomic E-state index is 0.106. The second-order valence-corrected chi connectivity index (χ2v) is 8.53. The number of ketones is 1. The average molecular weight is 438 g/mol. The van der Waals surface area contributed by atoms with Crippen LogP contribution in [0.5, 0.6) is 11.5 Å². The number of aryl methyl sites for hydroxylation is 1. The van der Waals surface area contributed by atoms with Gasteiger partial charge in [-0.25, -0.2) is 4.68 Å². The van der Waals surface area contributed by atoms with E-state index in [0.29, 0.717) is 18.4 Å². The summed E-state index contributed by atoms with van der Waals surface area (Å²) < 4.78 is 7.80. The highest BCUT2D eigenvalue weighted by atomic mass is 16.5. The lowest BCUT2D eigenvalue weighted by atomic mass is 9.97. The van der Waals surface area contributed by atoms with Crippen molar-refractivity contribution in [2.24, 2.45) is 0 Å². The molecule has 166 valence electrons. The number of aromatic nitrogens is 2. The second-order valence-electron chi connectivity index (χ2n) is 8.53. The Labute approximate surface area is 194 Å². The van der Waals surface area contributed by atoms with Crippen molar-refractivity contribution in [3.8, 4) is 11.5 Å². The van der Waals surface area contributed by atoms with Crippen molar-refractivity contribution in [1.82, 2.24) is 9.78 Å². The van der Waals surface area contributed by atoms with Crippen molar-refractivity contribution < 1.29 is 9.53 Å². The topological polar surface area (TPSA) is 56.1 Å². The molecule has 1 aliphatic heterocycles. The molecule has 2 atom stereocenters. The van der Waals surface area contributed by atoms with Crippen molar-refractivity contribution in [2.45, 2.75) is 38.3 Å². The van der Waals surface area contributed by atoms with Crippen LogP contribution in [0.25, 0.3) is 0 Å². The molecule has 5 heteroatoms. The molecule has 0 fully saturated rings. The number of carbonyl (C=O) groups is 1. The zero-order valence-electron chi connectivity index (χ0n) is 18.6. The molecule has 5 nitrogen and oxygen atoms in total.